The molecule has 1 aromatic heterocycles. The van der Waals surface area contributed by atoms with Gasteiger partial charge in [0.2, 0.25) is 0 Å². The van der Waals surface area contributed by atoms with Crippen molar-refractivity contribution < 1.29 is 9.90 Å². The number of aryl methyl sites for hydroxylation is 1. The van der Waals surface area contributed by atoms with Gasteiger partial charge in [-0.05, 0) is 19.3 Å². The Morgan fingerprint density at radius 1 is 1.72 bits per heavy atom. The minimum absolute atomic E-state index is 0.0341. The highest BCUT2D eigenvalue weighted by Gasteiger charge is 2.28. The number of aliphatic hydroxyl groups excluding tert-OH is 1. The van der Waals surface area contributed by atoms with E-state index in [9.17, 15) is 9.90 Å². The molecular weight excluding hydrogens is 250 g/mol. The highest BCUT2D eigenvalue weighted by Crippen LogP contribution is 2.20. The van der Waals surface area contributed by atoms with E-state index >= 15 is 0 Å². The van der Waals surface area contributed by atoms with Crippen LogP contribution in [-0.4, -0.2) is 40.2 Å². The first-order chi connectivity index (χ1) is 8.74. The molecule has 0 radical (unpaired) electrons. The Morgan fingerprint density at radius 2 is 2.56 bits per heavy atom. The van der Waals surface area contributed by atoms with E-state index in [2.05, 4.69) is 17.2 Å². The summed E-state index contributed by atoms with van der Waals surface area (Å²) < 4.78 is 0. The van der Waals surface area contributed by atoms with Crippen LogP contribution in [0.3, 0.4) is 0 Å². The molecule has 100 valence electrons. The number of likely N-dealkylation sites (tertiary alicyclic amines) is 1. The number of nitrogens with one attached hydrogen (secondary N) is 1. The van der Waals surface area contributed by atoms with Crippen molar-refractivity contribution in [3.8, 4) is 0 Å². The fraction of sp³-hybridized carbons (Fsp3) is 0.667. The predicted molar refractivity (Wildman–Crippen MR) is 71.9 cm³/mol. The molecule has 1 fully saturated rings. The molecule has 1 saturated heterocycles. The third-order valence-corrected chi connectivity index (χ3v) is 3.93. The molecule has 0 bridgehead atoms. The van der Waals surface area contributed by atoms with Crippen molar-refractivity contribution in [3.05, 3.63) is 11.1 Å². The lowest BCUT2D eigenvalue weighted by molar-refractivity contribution is 0.166. The Labute approximate surface area is 111 Å². The number of hydrogen-bond acceptors (Lipinski definition) is 4. The lowest BCUT2D eigenvalue weighted by Crippen LogP contribution is -2.40. The summed E-state index contributed by atoms with van der Waals surface area (Å²) in [6.45, 7) is 2.85. The smallest absolute Gasteiger partial charge is 0.323 e. The van der Waals surface area contributed by atoms with E-state index in [4.69, 9.17) is 0 Å². The summed E-state index contributed by atoms with van der Waals surface area (Å²) in [4.78, 5) is 18.1. The molecule has 0 aliphatic carbocycles. The summed E-state index contributed by atoms with van der Waals surface area (Å²) in [6.07, 6.45) is 3.83. The van der Waals surface area contributed by atoms with Gasteiger partial charge in [-0.15, -0.1) is 11.3 Å². The number of anilines is 1. The standard InChI is InChI=1S/C12H19N3O2S/c1-2-4-9-8-18-11(13-9)14-12(17)15-6-3-5-10(15)7-16/h8,10,16H,2-7H2,1H3,(H,13,14,17)/t10-/m0/s1. The second-order valence-electron chi connectivity index (χ2n) is 4.50. The van der Waals surface area contributed by atoms with Gasteiger partial charge in [-0.3, -0.25) is 5.32 Å². The first-order valence-corrected chi connectivity index (χ1v) is 7.25. The number of urea groups is 1. The molecule has 1 aromatic rings. The zero-order valence-electron chi connectivity index (χ0n) is 10.6. The van der Waals surface area contributed by atoms with Gasteiger partial charge in [-0.25, -0.2) is 9.78 Å². The molecule has 0 unspecified atom stereocenters. The minimum Gasteiger partial charge on any atom is -0.394 e. The third kappa shape index (κ3) is 3.00. The van der Waals surface area contributed by atoms with Crippen LogP contribution in [0, 0.1) is 0 Å². The number of nitrogens with zero attached hydrogens (tertiary/aromatic N) is 2. The Kier molecular flexibility index (Phi) is 4.54. The second-order valence-corrected chi connectivity index (χ2v) is 5.35. The maximum Gasteiger partial charge on any atom is 0.323 e. The van der Waals surface area contributed by atoms with Crippen LogP contribution in [0.4, 0.5) is 9.93 Å². The Balaban J connectivity index is 1.93. The van der Waals surface area contributed by atoms with Crippen LogP contribution in [0.5, 0.6) is 0 Å². The van der Waals surface area contributed by atoms with Crippen LogP contribution in [0.2, 0.25) is 0 Å². The number of carbonyl (C=O) groups is 1. The fourth-order valence-corrected chi connectivity index (χ4v) is 2.93. The average molecular weight is 269 g/mol. The van der Waals surface area contributed by atoms with Gasteiger partial charge in [-0.1, -0.05) is 13.3 Å². The van der Waals surface area contributed by atoms with Gasteiger partial charge in [0.25, 0.3) is 0 Å². The zero-order valence-corrected chi connectivity index (χ0v) is 11.4. The Hall–Kier alpha value is -1.14. The van der Waals surface area contributed by atoms with E-state index in [-0.39, 0.29) is 18.7 Å². The quantitative estimate of drug-likeness (QED) is 0.879. The maximum absolute atomic E-state index is 12.0. The number of carbonyl (C=O) groups excluding carboxylic acids is 1. The van der Waals surface area contributed by atoms with E-state index in [0.29, 0.717) is 11.7 Å². The number of hydrogen-bond donors (Lipinski definition) is 2. The number of amides is 2. The van der Waals surface area contributed by atoms with E-state index < -0.39 is 0 Å². The van der Waals surface area contributed by atoms with Crippen LogP contribution in [0.1, 0.15) is 31.9 Å². The molecular formula is C12H19N3O2S. The fourth-order valence-electron chi connectivity index (χ4n) is 2.19. The Bertz CT molecular complexity index is 408. The topological polar surface area (TPSA) is 65.5 Å². The molecule has 1 atom stereocenters. The molecule has 2 N–H and O–H groups in total. The molecule has 2 amide bonds. The van der Waals surface area contributed by atoms with Crippen LogP contribution >= 0.6 is 11.3 Å². The van der Waals surface area contributed by atoms with Crippen molar-refractivity contribution in [2.24, 2.45) is 0 Å². The van der Waals surface area contributed by atoms with Crippen LogP contribution in [-0.2, 0) is 6.42 Å². The first-order valence-electron chi connectivity index (χ1n) is 6.37. The van der Waals surface area contributed by atoms with Crippen LogP contribution in [0.15, 0.2) is 5.38 Å². The summed E-state index contributed by atoms with van der Waals surface area (Å²) in [5.41, 5.74) is 1.03. The molecule has 18 heavy (non-hydrogen) atoms. The van der Waals surface area contributed by atoms with Crippen molar-refractivity contribution in [1.29, 1.82) is 0 Å². The molecule has 0 aromatic carbocycles. The predicted octanol–water partition coefficient (Wildman–Crippen LogP) is 2.08. The van der Waals surface area contributed by atoms with Gasteiger partial charge in [-0.2, -0.15) is 0 Å². The first kappa shape index (κ1) is 13.3. The summed E-state index contributed by atoms with van der Waals surface area (Å²) in [5.74, 6) is 0. The highest BCUT2D eigenvalue weighted by molar-refractivity contribution is 7.13. The molecule has 0 saturated carbocycles. The van der Waals surface area contributed by atoms with E-state index in [0.717, 1.165) is 31.4 Å². The van der Waals surface area contributed by atoms with Crippen molar-refractivity contribution in [2.75, 3.05) is 18.5 Å². The zero-order chi connectivity index (χ0) is 13.0. The van der Waals surface area contributed by atoms with Crippen molar-refractivity contribution >= 4 is 22.5 Å². The molecule has 0 spiro atoms. The van der Waals surface area contributed by atoms with Crippen molar-refractivity contribution in [1.82, 2.24) is 9.88 Å². The highest BCUT2D eigenvalue weighted by atomic mass is 32.1. The number of aliphatic hydroxyl groups is 1. The van der Waals surface area contributed by atoms with Crippen LogP contribution in [0.25, 0.3) is 0 Å². The van der Waals surface area contributed by atoms with Crippen molar-refractivity contribution in [2.45, 2.75) is 38.6 Å². The average Bonchev–Trinajstić information content (AvgIpc) is 2.98. The third-order valence-electron chi connectivity index (χ3n) is 3.12. The summed E-state index contributed by atoms with van der Waals surface area (Å²) >= 11 is 1.45. The lowest BCUT2D eigenvalue weighted by Gasteiger charge is -2.22. The SMILES string of the molecule is CCCc1csc(NC(=O)N2CCC[C@H]2CO)n1. The van der Waals surface area contributed by atoms with Crippen molar-refractivity contribution in [3.63, 3.8) is 0 Å². The largest absolute Gasteiger partial charge is 0.394 e. The number of rotatable bonds is 4. The van der Waals surface area contributed by atoms with Gasteiger partial charge in [0.05, 0.1) is 18.3 Å². The maximum atomic E-state index is 12.0. The van der Waals surface area contributed by atoms with Gasteiger partial charge < -0.3 is 10.0 Å². The van der Waals surface area contributed by atoms with Gasteiger partial charge in [0, 0.05) is 11.9 Å². The van der Waals surface area contributed by atoms with Gasteiger partial charge in [0.1, 0.15) is 0 Å². The summed E-state index contributed by atoms with van der Waals surface area (Å²) in [5, 5.41) is 14.6. The minimum atomic E-state index is -0.149. The number of aromatic nitrogens is 1. The molecule has 2 rings (SSSR count). The van der Waals surface area contributed by atoms with E-state index in [1.165, 1.54) is 11.3 Å². The van der Waals surface area contributed by atoms with E-state index in [1.54, 1.807) is 4.90 Å². The van der Waals surface area contributed by atoms with E-state index in [1.807, 2.05) is 5.38 Å². The summed E-state index contributed by atoms with van der Waals surface area (Å²) in [6, 6.07) is -0.191. The van der Waals surface area contributed by atoms with Gasteiger partial charge in [0.15, 0.2) is 5.13 Å². The second kappa shape index (κ2) is 6.15. The molecule has 6 heteroatoms. The molecule has 5 nitrogen and oxygen atoms in total. The monoisotopic (exact) mass is 269 g/mol. The van der Waals surface area contributed by atoms with Crippen LogP contribution < -0.4 is 5.32 Å². The molecule has 2 heterocycles. The molecule has 1 aliphatic heterocycles. The summed E-state index contributed by atoms with van der Waals surface area (Å²) in [7, 11) is 0. The van der Waals surface area contributed by atoms with Gasteiger partial charge >= 0.3 is 6.03 Å². The normalized spacial score (nSPS) is 19.2. The Morgan fingerprint density at radius 3 is 3.28 bits per heavy atom. The molecule has 1 aliphatic rings. The lowest BCUT2D eigenvalue weighted by atomic mass is 10.2. The number of thiazole rings is 1.